The minimum absolute atomic E-state index is 0.0484. The highest BCUT2D eigenvalue weighted by Crippen LogP contribution is 2.22. The first-order chi connectivity index (χ1) is 11.3. The summed E-state index contributed by atoms with van der Waals surface area (Å²) in [5.41, 5.74) is 2.35. The van der Waals surface area contributed by atoms with E-state index in [2.05, 4.69) is 39.8 Å². The Morgan fingerprint density at radius 3 is 2.35 bits per heavy atom. The van der Waals surface area contributed by atoms with E-state index in [9.17, 15) is 0 Å². The molecule has 5 heteroatoms. The maximum Gasteiger partial charge on any atom is 0.206 e. The topological polar surface area (TPSA) is 47.0 Å². The van der Waals surface area contributed by atoms with Crippen molar-refractivity contribution in [2.45, 2.75) is 19.6 Å². The van der Waals surface area contributed by atoms with Crippen molar-refractivity contribution in [3.63, 3.8) is 0 Å². The standard InChI is InChI=1S/C18H19N3OS/c1-14-20-21-18(23-14)19-17(16-10-6-3-7-11-16)13-22-12-15-8-4-2-5-9-15/h2-11,17H,12-13H2,1H3,(H,19,21). The lowest BCUT2D eigenvalue weighted by molar-refractivity contribution is 0.112. The molecule has 4 nitrogen and oxygen atoms in total. The number of benzene rings is 2. The fourth-order valence-corrected chi connectivity index (χ4v) is 2.92. The average Bonchev–Trinajstić information content (AvgIpc) is 3.01. The highest BCUT2D eigenvalue weighted by Gasteiger charge is 2.13. The van der Waals surface area contributed by atoms with Gasteiger partial charge in [-0.25, -0.2) is 0 Å². The lowest BCUT2D eigenvalue weighted by Gasteiger charge is -2.18. The van der Waals surface area contributed by atoms with Crippen molar-refractivity contribution < 1.29 is 4.74 Å². The van der Waals surface area contributed by atoms with Crippen LogP contribution in [0.1, 0.15) is 22.2 Å². The number of anilines is 1. The third kappa shape index (κ3) is 4.61. The van der Waals surface area contributed by atoms with Crippen LogP contribution >= 0.6 is 11.3 Å². The van der Waals surface area contributed by atoms with Gasteiger partial charge in [0.2, 0.25) is 5.13 Å². The van der Waals surface area contributed by atoms with Gasteiger partial charge in [-0.05, 0) is 18.1 Å². The van der Waals surface area contributed by atoms with E-state index >= 15 is 0 Å². The van der Waals surface area contributed by atoms with Crippen molar-refractivity contribution in [1.29, 1.82) is 0 Å². The van der Waals surface area contributed by atoms with Gasteiger partial charge in [0.1, 0.15) is 5.01 Å². The first kappa shape index (κ1) is 15.6. The van der Waals surface area contributed by atoms with Crippen LogP contribution in [0.5, 0.6) is 0 Å². The van der Waals surface area contributed by atoms with Gasteiger partial charge in [0.15, 0.2) is 0 Å². The SMILES string of the molecule is Cc1nnc(NC(COCc2ccccc2)c2ccccc2)s1. The molecule has 23 heavy (non-hydrogen) atoms. The number of nitrogens with zero attached hydrogens (tertiary/aromatic N) is 2. The Kier molecular flexibility index (Phi) is 5.34. The largest absolute Gasteiger partial charge is 0.374 e. The van der Waals surface area contributed by atoms with Gasteiger partial charge in [0.25, 0.3) is 0 Å². The van der Waals surface area contributed by atoms with Gasteiger partial charge in [-0.3, -0.25) is 0 Å². The van der Waals surface area contributed by atoms with Gasteiger partial charge in [0, 0.05) is 0 Å². The zero-order chi connectivity index (χ0) is 15.9. The molecule has 2 aromatic carbocycles. The Labute approximate surface area is 140 Å². The number of aryl methyl sites for hydroxylation is 1. The van der Waals surface area contributed by atoms with Crippen LogP contribution in [-0.4, -0.2) is 16.8 Å². The molecule has 3 aromatic rings. The van der Waals surface area contributed by atoms with E-state index in [-0.39, 0.29) is 6.04 Å². The molecule has 0 aliphatic heterocycles. The summed E-state index contributed by atoms with van der Waals surface area (Å²) in [6.07, 6.45) is 0. The van der Waals surface area contributed by atoms with Crippen molar-refractivity contribution in [3.8, 4) is 0 Å². The number of hydrogen-bond acceptors (Lipinski definition) is 5. The summed E-state index contributed by atoms with van der Waals surface area (Å²) < 4.78 is 5.91. The van der Waals surface area contributed by atoms with Gasteiger partial charge in [-0.15, -0.1) is 10.2 Å². The van der Waals surface area contributed by atoms with Gasteiger partial charge in [0.05, 0.1) is 19.3 Å². The summed E-state index contributed by atoms with van der Waals surface area (Å²) in [4.78, 5) is 0. The quantitative estimate of drug-likeness (QED) is 0.706. The van der Waals surface area contributed by atoms with Crippen LogP contribution in [0.4, 0.5) is 5.13 Å². The van der Waals surface area contributed by atoms with E-state index in [0.717, 1.165) is 10.1 Å². The molecule has 0 fully saturated rings. The molecule has 1 atom stereocenters. The van der Waals surface area contributed by atoms with Gasteiger partial charge >= 0.3 is 0 Å². The highest BCUT2D eigenvalue weighted by atomic mass is 32.1. The van der Waals surface area contributed by atoms with E-state index in [1.807, 2.05) is 43.3 Å². The molecule has 0 saturated heterocycles. The molecular formula is C18H19N3OS. The summed E-state index contributed by atoms with van der Waals surface area (Å²) in [7, 11) is 0. The lowest BCUT2D eigenvalue weighted by atomic mass is 10.1. The van der Waals surface area contributed by atoms with Gasteiger partial charge < -0.3 is 10.1 Å². The number of hydrogen-bond donors (Lipinski definition) is 1. The summed E-state index contributed by atoms with van der Waals surface area (Å²) in [6, 6.07) is 20.5. The van der Waals surface area contributed by atoms with Gasteiger partial charge in [-0.2, -0.15) is 0 Å². The van der Waals surface area contributed by atoms with Crippen LogP contribution in [0, 0.1) is 6.92 Å². The van der Waals surface area contributed by atoms with Crippen LogP contribution in [0.2, 0.25) is 0 Å². The normalized spacial score (nSPS) is 12.0. The summed E-state index contributed by atoms with van der Waals surface area (Å²) in [5, 5.41) is 13.4. The molecule has 0 saturated carbocycles. The smallest absolute Gasteiger partial charge is 0.206 e. The first-order valence-electron chi connectivity index (χ1n) is 7.54. The fraction of sp³-hybridized carbons (Fsp3) is 0.222. The monoisotopic (exact) mass is 325 g/mol. The summed E-state index contributed by atoms with van der Waals surface area (Å²) >= 11 is 1.55. The molecule has 1 heterocycles. The van der Waals surface area contributed by atoms with Crippen molar-refractivity contribution in [1.82, 2.24) is 10.2 Å². The molecule has 1 aromatic heterocycles. The molecule has 0 aliphatic carbocycles. The van der Waals surface area contributed by atoms with E-state index in [4.69, 9.17) is 4.74 Å². The molecule has 3 rings (SSSR count). The molecule has 118 valence electrons. The van der Waals surface area contributed by atoms with E-state index in [1.165, 1.54) is 11.1 Å². The van der Waals surface area contributed by atoms with Crippen molar-refractivity contribution >= 4 is 16.5 Å². The van der Waals surface area contributed by atoms with Crippen molar-refractivity contribution in [2.24, 2.45) is 0 Å². The summed E-state index contributed by atoms with van der Waals surface area (Å²) in [6.45, 7) is 3.12. The van der Waals surface area contributed by atoms with Crippen LogP contribution in [0.15, 0.2) is 60.7 Å². The molecular weight excluding hydrogens is 306 g/mol. The zero-order valence-corrected chi connectivity index (χ0v) is 13.8. The van der Waals surface area contributed by atoms with Crippen molar-refractivity contribution in [2.75, 3.05) is 11.9 Å². The maximum atomic E-state index is 5.91. The van der Waals surface area contributed by atoms with Crippen LogP contribution < -0.4 is 5.32 Å². The number of rotatable bonds is 7. The average molecular weight is 325 g/mol. The third-order valence-electron chi connectivity index (χ3n) is 3.42. The third-order valence-corrected chi connectivity index (χ3v) is 4.19. The Hall–Kier alpha value is -2.24. The second-order valence-electron chi connectivity index (χ2n) is 5.23. The Morgan fingerprint density at radius 2 is 1.70 bits per heavy atom. The summed E-state index contributed by atoms with van der Waals surface area (Å²) in [5.74, 6) is 0. The Morgan fingerprint density at radius 1 is 1.00 bits per heavy atom. The molecule has 0 radical (unpaired) electrons. The minimum atomic E-state index is 0.0484. The van der Waals surface area contributed by atoms with Crippen molar-refractivity contribution in [3.05, 3.63) is 76.8 Å². The van der Waals surface area contributed by atoms with Crippen LogP contribution in [0.3, 0.4) is 0 Å². The van der Waals surface area contributed by atoms with E-state index in [1.54, 1.807) is 11.3 Å². The van der Waals surface area contributed by atoms with E-state index in [0.29, 0.717) is 13.2 Å². The lowest BCUT2D eigenvalue weighted by Crippen LogP contribution is -2.17. The molecule has 1 N–H and O–H groups in total. The van der Waals surface area contributed by atoms with E-state index < -0.39 is 0 Å². The number of nitrogens with one attached hydrogen (secondary N) is 1. The molecule has 0 aliphatic rings. The second-order valence-corrected chi connectivity index (χ2v) is 6.42. The Bertz CT molecular complexity index is 715. The zero-order valence-electron chi connectivity index (χ0n) is 13.0. The number of ether oxygens (including phenoxy) is 1. The molecule has 0 spiro atoms. The first-order valence-corrected chi connectivity index (χ1v) is 8.36. The Balaban J connectivity index is 1.65. The molecule has 1 unspecified atom stereocenters. The van der Waals surface area contributed by atoms with Crippen LogP contribution in [0.25, 0.3) is 0 Å². The number of aromatic nitrogens is 2. The van der Waals surface area contributed by atoms with Gasteiger partial charge in [-0.1, -0.05) is 72.0 Å². The predicted molar refractivity (Wildman–Crippen MR) is 93.5 cm³/mol. The minimum Gasteiger partial charge on any atom is -0.374 e. The highest BCUT2D eigenvalue weighted by molar-refractivity contribution is 7.15. The maximum absolute atomic E-state index is 5.91. The second kappa shape index (κ2) is 7.85. The molecule has 0 bridgehead atoms. The predicted octanol–water partition coefficient (Wildman–Crippen LogP) is 4.22. The molecule has 0 amide bonds. The van der Waals surface area contributed by atoms with Crippen LogP contribution in [-0.2, 0) is 11.3 Å². The fourth-order valence-electron chi connectivity index (χ4n) is 2.28.